The van der Waals surface area contributed by atoms with Crippen molar-refractivity contribution in [2.24, 2.45) is 0 Å². The predicted octanol–water partition coefficient (Wildman–Crippen LogP) is 2.22. The van der Waals surface area contributed by atoms with E-state index >= 15 is 0 Å². The van der Waals surface area contributed by atoms with Crippen molar-refractivity contribution in [2.75, 3.05) is 27.5 Å². The minimum atomic E-state index is -0.556. The first-order valence-corrected chi connectivity index (χ1v) is 10.2. The van der Waals surface area contributed by atoms with Gasteiger partial charge < -0.3 is 29.0 Å². The highest BCUT2D eigenvalue weighted by Crippen LogP contribution is 2.45. The number of ether oxygens (including phenoxy) is 3. The molecule has 158 valence electrons. The van der Waals surface area contributed by atoms with Gasteiger partial charge in [0.25, 0.3) is 0 Å². The summed E-state index contributed by atoms with van der Waals surface area (Å²) in [6.45, 7) is 0.245. The van der Waals surface area contributed by atoms with E-state index in [1.54, 1.807) is 19.1 Å². The molecule has 8 nitrogen and oxygen atoms in total. The van der Waals surface area contributed by atoms with E-state index in [-0.39, 0.29) is 25.2 Å². The molecule has 2 amide bonds. The number of carbonyl (C=O) groups excluding carboxylic acids is 2. The Bertz CT molecular complexity index is 1250. The van der Waals surface area contributed by atoms with E-state index in [1.165, 1.54) is 4.90 Å². The Morgan fingerprint density at radius 2 is 1.94 bits per heavy atom. The van der Waals surface area contributed by atoms with Gasteiger partial charge >= 0.3 is 0 Å². The summed E-state index contributed by atoms with van der Waals surface area (Å²) < 4.78 is 16.5. The number of nitrogens with one attached hydrogen (secondary N) is 1. The van der Waals surface area contributed by atoms with Crippen LogP contribution in [-0.4, -0.2) is 60.1 Å². The zero-order valence-corrected chi connectivity index (χ0v) is 17.2. The monoisotopic (exact) mass is 419 g/mol. The van der Waals surface area contributed by atoms with Gasteiger partial charge in [-0.1, -0.05) is 6.07 Å². The standard InChI is InChI=1S/C23H21N3O5/c1-25-10-20(27)26-17(23(25)28)9-15-14-8-13(29-2)4-5-16(14)24-21(15)22(26)12-3-6-18-19(7-12)31-11-30-18/h3-8,17,22,24H,9-11H2,1-2H3/t17?,22-/m1/s1. The van der Waals surface area contributed by atoms with E-state index < -0.39 is 12.1 Å². The number of aromatic amines is 1. The molecule has 8 heteroatoms. The maximum atomic E-state index is 13.2. The average molecular weight is 419 g/mol. The fourth-order valence-corrected chi connectivity index (χ4v) is 4.99. The number of fused-ring (bicyclic) bond motifs is 5. The van der Waals surface area contributed by atoms with Gasteiger partial charge in [0.05, 0.1) is 19.7 Å². The summed E-state index contributed by atoms with van der Waals surface area (Å²) in [6, 6.07) is 10.6. The van der Waals surface area contributed by atoms with Crippen molar-refractivity contribution in [3.63, 3.8) is 0 Å². The number of benzene rings is 2. The molecule has 3 aliphatic rings. The molecule has 0 saturated carbocycles. The zero-order valence-electron chi connectivity index (χ0n) is 17.2. The number of hydrogen-bond donors (Lipinski definition) is 1. The number of likely N-dealkylation sites (N-methyl/N-ethyl adjacent to an activating group) is 1. The minimum absolute atomic E-state index is 0.0479. The number of hydrogen-bond acceptors (Lipinski definition) is 5. The van der Waals surface area contributed by atoms with Crippen LogP contribution in [0.25, 0.3) is 10.9 Å². The smallest absolute Gasteiger partial charge is 0.245 e. The van der Waals surface area contributed by atoms with Crippen LogP contribution in [0.2, 0.25) is 0 Å². The van der Waals surface area contributed by atoms with Crippen LogP contribution in [0.5, 0.6) is 17.2 Å². The Labute approximate surface area is 178 Å². The Kier molecular flexibility index (Phi) is 3.74. The molecule has 2 aromatic carbocycles. The number of H-pyrrole nitrogens is 1. The Morgan fingerprint density at radius 3 is 2.77 bits per heavy atom. The minimum Gasteiger partial charge on any atom is -0.497 e. The summed E-state index contributed by atoms with van der Waals surface area (Å²) in [5.41, 5.74) is 3.78. The molecule has 0 aliphatic carbocycles. The highest BCUT2D eigenvalue weighted by atomic mass is 16.7. The molecule has 0 bridgehead atoms. The molecular weight excluding hydrogens is 398 g/mol. The number of piperazine rings is 1. The molecule has 1 fully saturated rings. The van der Waals surface area contributed by atoms with Gasteiger partial charge in [-0.2, -0.15) is 0 Å². The van der Waals surface area contributed by atoms with Crippen LogP contribution in [0.3, 0.4) is 0 Å². The number of aromatic nitrogens is 1. The largest absolute Gasteiger partial charge is 0.497 e. The van der Waals surface area contributed by atoms with Crippen LogP contribution in [0.1, 0.15) is 22.9 Å². The number of rotatable bonds is 2. The summed E-state index contributed by atoms with van der Waals surface area (Å²) >= 11 is 0. The maximum Gasteiger partial charge on any atom is 0.245 e. The topological polar surface area (TPSA) is 84.1 Å². The molecule has 1 aromatic heterocycles. The Morgan fingerprint density at radius 1 is 1.10 bits per heavy atom. The summed E-state index contributed by atoms with van der Waals surface area (Å²) in [6.07, 6.45) is 0.457. The lowest BCUT2D eigenvalue weighted by Gasteiger charge is -2.46. The number of carbonyl (C=O) groups is 2. The average Bonchev–Trinajstić information content (AvgIpc) is 3.39. The first-order valence-electron chi connectivity index (χ1n) is 10.2. The van der Waals surface area contributed by atoms with Crippen LogP contribution in [0.4, 0.5) is 0 Å². The lowest BCUT2D eigenvalue weighted by molar-refractivity contribution is -0.157. The van der Waals surface area contributed by atoms with Crippen molar-refractivity contribution in [1.29, 1.82) is 0 Å². The molecule has 2 atom stereocenters. The van der Waals surface area contributed by atoms with Crippen molar-refractivity contribution < 1.29 is 23.8 Å². The van der Waals surface area contributed by atoms with Crippen LogP contribution in [0, 0.1) is 0 Å². The van der Waals surface area contributed by atoms with Crippen LogP contribution in [-0.2, 0) is 16.0 Å². The number of amides is 2. The molecule has 0 radical (unpaired) electrons. The number of nitrogens with zero attached hydrogens (tertiary/aromatic N) is 2. The van der Waals surface area contributed by atoms with E-state index in [2.05, 4.69) is 4.98 Å². The van der Waals surface area contributed by atoms with Crippen molar-refractivity contribution in [1.82, 2.24) is 14.8 Å². The fraction of sp³-hybridized carbons (Fsp3) is 0.304. The van der Waals surface area contributed by atoms with E-state index in [0.717, 1.165) is 33.5 Å². The highest BCUT2D eigenvalue weighted by Gasteiger charge is 2.47. The van der Waals surface area contributed by atoms with Crippen LogP contribution >= 0.6 is 0 Å². The molecular formula is C23H21N3O5. The van der Waals surface area contributed by atoms with Crippen molar-refractivity contribution in [3.8, 4) is 17.2 Å². The third kappa shape index (κ3) is 2.54. The van der Waals surface area contributed by atoms with Gasteiger partial charge in [-0.3, -0.25) is 9.59 Å². The summed E-state index contributed by atoms with van der Waals surface area (Å²) in [5.74, 6) is 1.95. The third-order valence-corrected chi connectivity index (χ3v) is 6.47. The zero-order chi connectivity index (χ0) is 21.3. The second-order valence-electron chi connectivity index (χ2n) is 8.16. The van der Waals surface area contributed by atoms with Crippen LogP contribution < -0.4 is 14.2 Å². The quantitative estimate of drug-likeness (QED) is 0.689. The van der Waals surface area contributed by atoms with Gasteiger partial charge in [0.2, 0.25) is 18.6 Å². The van der Waals surface area contributed by atoms with Gasteiger partial charge in [-0.05, 0) is 41.5 Å². The molecule has 31 heavy (non-hydrogen) atoms. The molecule has 1 saturated heterocycles. The lowest BCUT2D eigenvalue weighted by Crippen LogP contribution is -2.62. The predicted molar refractivity (Wildman–Crippen MR) is 111 cm³/mol. The van der Waals surface area contributed by atoms with Gasteiger partial charge in [0.1, 0.15) is 11.8 Å². The Balaban J connectivity index is 1.59. The second kappa shape index (κ2) is 6.41. The second-order valence-corrected chi connectivity index (χ2v) is 8.16. The van der Waals surface area contributed by atoms with Gasteiger partial charge in [-0.15, -0.1) is 0 Å². The van der Waals surface area contributed by atoms with Crippen molar-refractivity contribution in [3.05, 3.63) is 53.2 Å². The van der Waals surface area contributed by atoms with E-state index in [0.29, 0.717) is 17.9 Å². The molecule has 1 N–H and O–H groups in total. The van der Waals surface area contributed by atoms with E-state index in [4.69, 9.17) is 14.2 Å². The fourth-order valence-electron chi connectivity index (χ4n) is 4.99. The molecule has 3 aromatic rings. The Hall–Kier alpha value is -3.68. The van der Waals surface area contributed by atoms with Crippen molar-refractivity contribution in [2.45, 2.75) is 18.5 Å². The maximum absolute atomic E-state index is 13.2. The van der Waals surface area contributed by atoms with Gasteiger partial charge in [0, 0.05) is 30.1 Å². The first-order chi connectivity index (χ1) is 15.0. The van der Waals surface area contributed by atoms with Crippen LogP contribution in [0.15, 0.2) is 36.4 Å². The van der Waals surface area contributed by atoms with Crippen molar-refractivity contribution >= 4 is 22.7 Å². The SMILES string of the molecule is COc1ccc2[nH]c3c(c2c1)CC1C(=O)N(C)CC(=O)N1[C@@H]3c1ccc2c(c1)OCO2. The molecule has 0 spiro atoms. The summed E-state index contributed by atoms with van der Waals surface area (Å²) in [4.78, 5) is 33.0. The normalized spacial score (nSPS) is 22.0. The number of methoxy groups -OCH3 is 1. The summed E-state index contributed by atoms with van der Waals surface area (Å²) in [5, 5.41) is 1.01. The molecule has 1 unspecified atom stereocenters. The van der Waals surface area contributed by atoms with Gasteiger partial charge in [0.15, 0.2) is 11.5 Å². The van der Waals surface area contributed by atoms with Gasteiger partial charge in [-0.25, -0.2) is 0 Å². The molecule has 4 heterocycles. The molecule has 6 rings (SSSR count). The highest BCUT2D eigenvalue weighted by molar-refractivity contribution is 5.97. The lowest BCUT2D eigenvalue weighted by atomic mass is 9.86. The first kappa shape index (κ1) is 18.1. The summed E-state index contributed by atoms with van der Waals surface area (Å²) in [7, 11) is 3.32. The third-order valence-electron chi connectivity index (χ3n) is 6.47. The van der Waals surface area contributed by atoms with E-state index in [1.807, 2.05) is 36.4 Å². The molecule has 3 aliphatic heterocycles. The van der Waals surface area contributed by atoms with E-state index in [9.17, 15) is 9.59 Å².